The monoisotopic (exact) mass is 504 g/mol. The van der Waals surface area contributed by atoms with Gasteiger partial charge in [-0.15, -0.1) is 0 Å². The van der Waals surface area contributed by atoms with Gasteiger partial charge in [0.25, 0.3) is 0 Å². The van der Waals surface area contributed by atoms with Gasteiger partial charge >= 0.3 is 5.97 Å². The molecule has 1 aliphatic carbocycles. The summed E-state index contributed by atoms with van der Waals surface area (Å²) in [6.07, 6.45) is 1.97. The third-order valence-electron chi connectivity index (χ3n) is 5.52. The summed E-state index contributed by atoms with van der Waals surface area (Å²) >= 11 is 1.15. The van der Waals surface area contributed by atoms with E-state index in [0.717, 1.165) is 41.1 Å². The van der Waals surface area contributed by atoms with Crippen molar-refractivity contribution in [2.24, 2.45) is 0 Å². The molecule has 0 saturated carbocycles. The van der Waals surface area contributed by atoms with Crippen LogP contribution < -0.4 is 0 Å². The lowest BCUT2D eigenvalue weighted by atomic mass is 9.85. The maximum absolute atomic E-state index is 13.2. The topological polar surface area (TPSA) is 114 Å². The quantitative estimate of drug-likeness (QED) is 0.173. The standard InChI is InChI=1S/C28H24O7S/c1-16(2)8-11-23(18-14-21(31)26-19(29)9-10-20(30)27(26)28(18)33)34-24(32)15-36-25-13-12-22(35-25)17-6-4-3-5-7-17/h3-10,12-14,23,29-30H,11,15H2,1-2H3/t23-/m1/s1. The van der Waals surface area contributed by atoms with Gasteiger partial charge in [0, 0.05) is 17.6 Å². The van der Waals surface area contributed by atoms with E-state index in [-0.39, 0.29) is 28.9 Å². The van der Waals surface area contributed by atoms with Crippen LogP contribution in [-0.4, -0.2) is 39.6 Å². The first kappa shape index (κ1) is 25.1. The van der Waals surface area contributed by atoms with Crippen LogP contribution in [0.1, 0.15) is 41.0 Å². The Labute approximate surface area is 212 Å². The molecule has 0 bridgehead atoms. The molecule has 4 rings (SSSR count). The molecule has 0 amide bonds. The van der Waals surface area contributed by atoms with E-state index in [1.165, 1.54) is 0 Å². The Balaban J connectivity index is 1.50. The number of furan rings is 1. The van der Waals surface area contributed by atoms with Crippen LogP contribution in [0, 0.1) is 0 Å². The predicted molar refractivity (Wildman–Crippen MR) is 135 cm³/mol. The van der Waals surface area contributed by atoms with E-state index in [9.17, 15) is 24.6 Å². The van der Waals surface area contributed by atoms with Crippen LogP contribution in [0.25, 0.3) is 11.3 Å². The zero-order valence-corrected chi connectivity index (χ0v) is 20.5. The molecule has 0 aliphatic heterocycles. The first-order valence-corrected chi connectivity index (χ1v) is 12.2. The number of esters is 1. The van der Waals surface area contributed by atoms with Gasteiger partial charge < -0.3 is 19.4 Å². The molecule has 3 aromatic rings. The number of phenols is 2. The number of rotatable bonds is 8. The molecule has 1 aliphatic rings. The highest BCUT2D eigenvalue weighted by Gasteiger charge is 2.35. The van der Waals surface area contributed by atoms with Gasteiger partial charge in [0.15, 0.2) is 16.7 Å². The number of hydrogen-bond donors (Lipinski definition) is 2. The Hall–Kier alpha value is -4.04. The normalized spacial score (nSPS) is 13.6. The molecular formula is C28H24O7S. The molecule has 184 valence electrons. The number of Topliss-reactive ketones (excluding diaryl/α,β-unsaturated/α-hetero) is 1. The van der Waals surface area contributed by atoms with E-state index in [0.29, 0.717) is 10.9 Å². The number of ketones is 2. The number of fused-ring (bicyclic) bond motifs is 1. The van der Waals surface area contributed by atoms with Gasteiger partial charge in [-0.05, 0) is 44.2 Å². The minimum Gasteiger partial charge on any atom is -0.507 e. The third-order valence-corrected chi connectivity index (χ3v) is 6.40. The van der Waals surface area contributed by atoms with Crippen molar-refractivity contribution in [3.05, 3.63) is 89.0 Å². The Bertz CT molecular complexity index is 1380. The van der Waals surface area contributed by atoms with Gasteiger partial charge in [-0.1, -0.05) is 53.7 Å². The lowest BCUT2D eigenvalue weighted by Crippen LogP contribution is -2.29. The van der Waals surface area contributed by atoms with E-state index in [2.05, 4.69) is 0 Å². The Kier molecular flexibility index (Phi) is 7.45. The average molecular weight is 505 g/mol. The summed E-state index contributed by atoms with van der Waals surface area (Å²) in [5, 5.41) is 20.8. The van der Waals surface area contributed by atoms with Crippen LogP contribution in [0.5, 0.6) is 11.5 Å². The lowest BCUT2D eigenvalue weighted by Gasteiger charge is -2.23. The zero-order valence-electron chi connectivity index (χ0n) is 19.7. The molecule has 1 heterocycles. The number of thioether (sulfide) groups is 1. The summed E-state index contributed by atoms with van der Waals surface area (Å²) in [6, 6.07) is 15.4. The number of allylic oxidation sites excluding steroid dienone is 2. The van der Waals surface area contributed by atoms with Crippen molar-refractivity contribution in [3.63, 3.8) is 0 Å². The summed E-state index contributed by atoms with van der Waals surface area (Å²) in [7, 11) is 0. The number of aromatic hydroxyl groups is 2. The highest BCUT2D eigenvalue weighted by atomic mass is 32.2. The van der Waals surface area contributed by atoms with E-state index in [1.54, 1.807) is 12.1 Å². The van der Waals surface area contributed by atoms with E-state index in [4.69, 9.17) is 9.15 Å². The van der Waals surface area contributed by atoms with Crippen LogP contribution in [0.4, 0.5) is 0 Å². The maximum atomic E-state index is 13.2. The van der Waals surface area contributed by atoms with Crippen molar-refractivity contribution in [3.8, 4) is 22.8 Å². The molecule has 2 N–H and O–H groups in total. The summed E-state index contributed by atoms with van der Waals surface area (Å²) < 4.78 is 11.4. The highest BCUT2D eigenvalue weighted by Crippen LogP contribution is 2.36. The summed E-state index contributed by atoms with van der Waals surface area (Å²) in [6.45, 7) is 3.72. The molecule has 0 fully saturated rings. The van der Waals surface area contributed by atoms with Crippen LogP contribution >= 0.6 is 11.8 Å². The SMILES string of the molecule is CC(C)=CC[C@@H](OC(=O)CSc1ccc(-c2ccccc2)o1)C1=CC(=O)c2c(O)ccc(O)c2C1=O. The lowest BCUT2D eigenvalue weighted by molar-refractivity contribution is -0.143. The van der Waals surface area contributed by atoms with Crippen molar-refractivity contribution < 1.29 is 33.8 Å². The molecule has 7 nitrogen and oxygen atoms in total. The second-order valence-electron chi connectivity index (χ2n) is 8.42. The first-order chi connectivity index (χ1) is 17.2. The number of phenolic OH excluding ortho intramolecular Hbond substituents is 2. The molecule has 0 radical (unpaired) electrons. The average Bonchev–Trinajstić information content (AvgIpc) is 3.34. The molecule has 0 spiro atoms. The van der Waals surface area contributed by atoms with Crippen molar-refractivity contribution in [1.29, 1.82) is 0 Å². The van der Waals surface area contributed by atoms with E-state index < -0.39 is 35.1 Å². The van der Waals surface area contributed by atoms with E-state index in [1.807, 2.05) is 50.2 Å². The van der Waals surface area contributed by atoms with E-state index >= 15 is 0 Å². The second kappa shape index (κ2) is 10.7. The van der Waals surface area contributed by atoms with Crippen molar-refractivity contribution >= 4 is 29.3 Å². The summed E-state index contributed by atoms with van der Waals surface area (Å²) in [5.41, 5.74) is 1.22. The largest absolute Gasteiger partial charge is 0.507 e. The highest BCUT2D eigenvalue weighted by molar-refractivity contribution is 7.99. The number of benzene rings is 2. The predicted octanol–water partition coefficient (Wildman–Crippen LogP) is 5.72. The molecule has 0 saturated heterocycles. The molecule has 36 heavy (non-hydrogen) atoms. The molecule has 1 aromatic heterocycles. The smallest absolute Gasteiger partial charge is 0.317 e. The molecule has 1 atom stereocenters. The van der Waals surface area contributed by atoms with Crippen LogP contribution in [0.2, 0.25) is 0 Å². The number of hydrogen-bond acceptors (Lipinski definition) is 8. The van der Waals surface area contributed by atoms with Crippen molar-refractivity contribution in [1.82, 2.24) is 0 Å². The van der Waals surface area contributed by atoms with Crippen LogP contribution in [0.15, 0.2) is 87.4 Å². The fourth-order valence-corrected chi connectivity index (χ4v) is 4.42. The second-order valence-corrected chi connectivity index (χ2v) is 9.40. The molecule has 8 heteroatoms. The number of ether oxygens (including phenoxy) is 1. The molecule has 2 aromatic carbocycles. The number of carbonyl (C=O) groups is 3. The van der Waals surface area contributed by atoms with Gasteiger partial charge in [0.1, 0.15) is 23.4 Å². The fraction of sp³-hybridized carbons (Fsp3) is 0.179. The minimum absolute atomic E-state index is 0.0615. The van der Waals surface area contributed by atoms with Gasteiger partial charge in [-0.2, -0.15) is 0 Å². The van der Waals surface area contributed by atoms with Crippen LogP contribution in [-0.2, 0) is 9.53 Å². The molecule has 0 unspecified atom stereocenters. The summed E-state index contributed by atoms with van der Waals surface area (Å²) in [4.78, 5) is 38.6. The van der Waals surface area contributed by atoms with Gasteiger partial charge in [-0.3, -0.25) is 14.4 Å². The summed E-state index contributed by atoms with van der Waals surface area (Å²) in [5.74, 6) is -2.16. The third kappa shape index (κ3) is 5.44. The van der Waals surface area contributed by atoms with Gasteiger partial charge in [0.05, 0.1) is 16.9 Å². The Morgan fingerprint density at radius 2 is 1.69 bits per heavy atom. The first-order valence-electron chi connectivity index (χ1n) is 11.2. The zero-order chi connectivity index (χ0) is 25.8. The van der Waals surface area contributed by atoms with Gasteiger partial charge in [0.2, 0.25) is 0 Å². The Morgan fingerprint density at radius 1 is 1.00 bits per heavy atom. The minimum atomic E-state index is -1.05. The van der Waals surface area contributed by atoms with Crippen molar-refractivity contribution in [2.45, 2.75) is 31.5 Å². The fourth-order valence-electron chi connectivity index (χ4n) is 3.78. The molecular weight excluding hydrogens is 480 g/mol. The van der Waals surface area contributed by atoms with Crippen molar-refractivity contribution in [2.75, 3.05) is 5.75 Å². The number of carbonyl (C=O) groups excluding carboxylic acids is 3. The Morgan fingerprint density at radius 3 is 2.39 bits per heavy atom. The van der Waals surface area contributed by atoms with Gasteiger partial charge in [-0.25, -0.2) is 0 Å². The maximum Gasteiger partial charge on any atom is 0.317 e. The van der Waals surface area contributed by atoms with Crippen LogP contribution in [0.3, 0.4) is 0 Å².